The van der Waals surface area contributed by atoms with Crippen LogP contribution in [0.2, 0.25) is 0 Å². The molecule has 8 aromatic carbocycles. The second-order valence-electron chi connectivity index (χ2n) is 16.7. The fourth-order valence-electron chi connectivity index (χ4n) is 7.91. The van der Waals surface area contributed by atoms with Crippen LogP contribution in [-0.4, -0.2) is 46.7 Å². The van der Waals surface area contributed by atoms with Gasteiger partial charge in [0.05, 0.1) is 5.39 Å². The van der Waals surface area contributed by atoms with E-state index < -0.39 is 83.8 Å². The van der Waals surface area contributed by atoms with Crippen LogP contribution in [0.15, 0.2) is 228 Å². The molecule has 1 heterocycles. The van der Waals surface area contributed by atoms with E-state index >= 15 is 0 Å². The molecule has 0 aliphatic carbocycles. The maximum atomic E-state index is 14.3. The molecule has 9 aromatic rings. The number of ketones is 1. The van der Waals surface area contributed by atoms with Crippen molar-refractivity contribution in [1.29, 1.82) is 0 Å². The molecule has 0 fully saturated rings. The number of carbonyl (C=O) groups is 1. The smallest absolute Gasteiger partial charge is 0.460 e. The Kier molecular flexibility index (Phi) is 18.5. The zero-order valence-electron chi connectivity index (χ0n) is 39.5. The zero-order valence-corrected chi connectivity index (χ0v) is 43.7. The van der Waals surface area contributed by atoms with Crippen molar-refractivity contribution in [3.63, 3.8) is 0 Å². The maximum absolute atomic E-state index is 14.3. The van der Waals surface area contributed by atoms with Crippen LogP contribution < -0.4 is 37.5 Å². The largest absolute Gasteiger partial charge is 0.506 e. The molecule has 0 saturated heterocycles. The molecule has 0 amide bonds. The number of carbonyl (C=O) groups excluding carboxylic acids is 1. The van der Waals surface area contributed by atoms with Gasteiger partial charge in [0.1, 0.15) is 11.3 Å². The fraction of sp³-hybridized carbons (Fsp3) is 0.107. The molecule has 1 aromatic heterocycles. The first kappa shape index (κ1) is 61.1. The van der Waals surface area contributed by atoms with E-state index in [1.807, 2.05) is 182 Å². The number of hydrogen-bond donors (Lipinski definition) is 1. The van der Waals surface area contributed by atoms with Crippen LogP contribution in [0.25, 0.3) is 21.7 Å². The average Bonchev–Trinajstić information content (AvgIpc) is 3.63. The molecular weight excluding hydrogens is 1230 g/mol. The number of rotatable bonds is 12. The van der Waals surface area contributed by atoms with Crippen LogP contribution >= 0.6 is 14.3 Å². The fourth-order valence-corrected chi connectivity index (χ4v) is 13.2. The van der Waals surface area contributed by atoms with Crippen molar-refractivity contribution in [3.8, 4) is 5.75 Å². The summed E-state index contributed by atoms with van der Waals surface area (Å²) in [5, 5.41) is 14.8. The molecule has 78 heavy (non-hydrogen) atoms. The third kappa shape index (κ3) is 11.1. The molecule has 0 bridgehead atoms. The number of hydrogen-bond acceptors (Lipinski definition) is 6. The van der Waals surface area contributed by atoms with Gasteiger partial charge in [-0.1, -0.05) is 212 Å². The van der Waals surface area contributed by atoms with Gasteiger partial charge < -0.3 is 18.7 Å². The second-order valence-corrected chi connectivity index (χ2v) is 22.2. The number of fused-ring (bicyclic) bond motifs is 3. The third-order valence-electron chi connectivity index (χ3n) is 11.9. The van der Waals surface area contributed by atoms with Gasteiger partial charge in [-0.05, 0) is 11.5 Å². The Morgan fingerprint density at radius 1 is 0.385 bits per heavy atom. The molecule has 0 aliphatic rings. The summed E-state index contributed by atoms with van der Waals surface area (Å²) in [6.45, 7) is 0. The molecular formula is C56H37EuF13O6P2. The zero-order chi connectivity index (χ0) is 56.2. The molecule has 0 aliphatic heterocycles. The molecule has 0 spiro atoms. The first-order valence-electron chi connectivity index (χ1n) is 22.4. The van der Waals surface area contributed by atoms with Crippen molar-refractivity contribution in [2.24, 2.45) is 0 Å². The normalized spacial score (nSPS) is 12.6. The predicted molar refractivity (Wildman–Crippen MR) is 268 cm³/mol. The monoisotopic (exact) mass is 1270 g/mol. The number of Topliss-reactive ketones (excluding diaryl/α,β-unsaturated/α-hetero) is 1. The van der Waals surface area contributed by atoms with Gasteiger partial charge in [0.2, 0.25) is 5.78 Å². The SMILES string of the molecule is O=C(c1c(O)c2ccc3ccccc3c2oc1=O)C(F)(F)C(F)(F)C(F)(F)C(F)(F)C(F)(F)C(F)(F)F.O=P(c1ccccc1)(c1ccccc1)c1ccccc1.O=P(c1ccccc1)(c1ccccc1)c1ccccc1.[Eu]. The van der Waals surface area contributed by atoms with Gasteiger partial charge in [0.25, 0.3) is 0 Å². The van der Waals surface area contributed by atoms with Crippen LogP contribution in [0.5, 0.6) is 5.75 Å². The quantitative estimate of drug-likeness (QED) is 0.0430. The van der Waals surface area contributed by atoms with E-state index in [2.05, 4.69) is 4.42 Å². The summed E-state index contributed by atoms with van der Waals surface area (Å²) in [6.07, 6.45) is -7.63. The Hall–Kier alpha value is -6.17. The van der Waals surface area contributed by atoms with E-state index in [0.29, 0.717) is 0 Å². The second kappa shape index (κ2) is 23.7. The van der Waals surface area contributed by atoms with Gasteiger partial charge in [-0.2, -0.15) is 57.1 Å². The Labute approximate surface area is 475 Å². The van der Waals surface area contributed by atoms with Crippen LogP contribution in [0.4, 0.5) is 57.1 Å². The van der Waals surface area contributed by atoms with E-state index in [-0.39, 0.29) is 60.1 Å². The number of aromatic hydroxyl groups is 1. The van der Waals surface area contributed by atoms with Crippen molar-refractivity contribution >= 4 is 73.6 Å². The summed E-state index contributed by atoms with van der Waals surface area (Å²) >= 11 is 0. The van der Waals surface area contributed by atoms with E-state index in [0.717, 1.165) is 44.0 Å². The van der Waals surface area contributed by atoms with Gasteiger partial charge in [0.15, 0.2) is 19.8 Å². The molecule has 9 rings (SSSR count). The third-order valence-corrected chi connectivity index (χ3v) is 18.1. The van der Waals surface area contributed by atoms with E-state index in [1.54, 1.807) is 0 Å². The minimum absolute atomic E-state index is 0. The van der Waals surface area contributed by atoms with Crippen molar-refractivity contribution in [1.82, 2.24) is 0 Å². The standard InChI is InChI=1S/C20H7F13O4.2C18H15OP.Eu/c21-15(22,16(23,24)17(25,26)18(27,28)19(29,30)20(31,32)33)13(35)10-11(34)9-6-5-7-3-1-2-4-8(7)12(9)37-14(10)36;2*19-20(16-10-4-1-5-11-16,17-12-6-2-7-13-17)18-14-8-3-9-15-18;/h1-6,34H;2*1-15H;. The van der Waals surface area contributed by atoms with E-state index in [9.17, 15) is 80.9 Å². The first-order valence-corrected chi connectivity index (χ1v) is 25.8. The van der Waals surface area contributed by atoms with Gasteiger partial charge in [0, 0.05) is 86.6 Å². The van der Waals surface area contributed by atoms with Crippen molar-refractivity contribution in [3.05, 3.63) is 234 Å². The first-order chi connectivity index (χ1) is 36.2. The molecule has 1 radical (unpaired) electrons. The van der Waals surface area contributed by atoms with Crippen molar-refractivity contribution < 1.29 is 130 Å². The summed E-state index contributed by atoms with van der Waals surface area (Å²) in [6, 6.07) is 65.6. The molecule has 0 atom stereocenters. The van der Waals surface area contributed by atoms with Crippen molar-refractivity contribution in [2.45, 2.75) is 35.8 Å². The predicted octanol–water partition coefficient (Wildman–Crippen LogP) is 13.2. The number of benzene rings is 8. The minimum atomic E-state index is -8.25. The summed E-state index contributed by atoms with van der Waals surface area (Å²) in [5.74, 6) is -45.4. The molecule has 405 valence electrons. The topological polar surface area (TPSA) is 102 Å². The van der Waals surface area contributed by atoms with Crippen LogP contribution in [-0.2, 0) is 9.13 Å². The maximum Gasteiger partial charge on any atom is 0.460 e. The average molecular weight is 1270 g/mol. The summed E-state index contributed by atoms with van der Waals surface area (Å²) < 4.78 is 205. The van der Waals surface area contributed by atoms with E-state index in [1.165, 1.54) is 24.3 Å². The number of alkyl halides is 13. The minimum Gasteiger partial charge on any atom is -0.506 e. The Bertz CT molecular complexity index is 3330. The molecule has 1 N–H and O–H groups in total. The van der Waals surface area contributed by atoms with Crippen LogP contribution in [0, 0.1) is 49.4 Å². The van der Waals surface area contributed by atoms with Gasteiger partial charge in [-0.15, -0.1) is 0 Å². The van der Waals surface area contributed by atoms with Crippen molar-refractivity contribution in [2.75, 3.05) is 0 Å². The summed E-state index contributed by atoms with van der Waals surface area (Å²) in [4.78, 5) is 24.2. The number of halogens is 13. The summed E-state index contributed by atoms with van der Waals surface area (Å²) in [5.41, 5.74) is -5.50. The van der Waals surface area contributed by atoms with Gasteiger partial charge in [-0.3, -0.25) is 4.79 Å². The molecule has 0 unspecified atom stereocenters. The Balaban J connectivity index is 0.000000203. The van der Waals surface area contributed by atoms with Gasteiger partial charge in [-0.25, -0.2) is 4.79 Å². The summed E-state index contributed by atoms with van der Waals surface area (Å²) in [7, 11) is -5.55. The Morgan fingerprint density at radius 2 is 0.679 bits per heavy atom. The Morgan fingerprint density at radius 3 is 1.00 bits per heavy atom. The van der Waals surface area contributed by atoms with Crippen LogP contribution in [0.1, 0.15) is 10.4 Å². The molecule has 0 saturated carbocycles. The van der Waals surface area contributed by atoms with Gasteiger partial charge >= 0.3 is 41.4 Å². The van der Waals surface area contributed by atoms with Crippen LogP contribution in [0.3, 0.4) is 0 Å². The molecule has 22 heteroatoms. The van der Waals surface area contributed by atoms with E-state index in [4.69, 9.17) is 0 Å². The molecule has 6 nitrogen and oxygen atoms in total.